The number of hydrogen-bond acceptors (Lipinski definition) is 3. The molecule has 94 valence electrons. The smallest absolute Gasteiger partial charge is 0.307 e. The number of aliphatic hydroxyl groups is 1. The lowest BCUT2D eigenvalue weighted by Crippen LogP contribution is -2.42. The molecule has 0 unspecified atom stereocenters. The van der Waals surface area contributed by atoms with E-state index in [-0.39, 0.29) is 18.6 Å². The number of rotatable bonds is 6. The number of carbonyl (C=O) groups is 1. The topological polar surface area (TPSA) is 69.6 Å². The molecule has 0 heterocycles. The van der Waals surface area contributed by atoms with Crippen LogP contribution in [0, 0.1) is 0 Å². The zero-order valence-electron chi connectivity index (χ0n) is 10.2. The van der Waals surface area contributed by atoms with Crippen LogP contribution in [0.25, 0.3) is 0 Å². The van der Waals surface area contributed by atoms with Crippen molar-refractivity contribution in [3.05, 3.63) is 35.4 Å². The van der Waals surface area contributed by atoms with Gasteiger partial charge in [0.2, 0.25) is 0 Å². The molecule has 0 saturated carbocycles. The molecule has 1 aromatic rings. The van der Waals surface area contributed by atoms with Crippen LogP contribution in [-0.4, -0.2) is 28.3 Å². The second-order valence-corrected chi connectivity index (χ2v) is 4.73. The van der Waals surface area contributed by atoms with E-state index in [4.69, 9.17) is 10.2 Å². The Labute approximate surface area is 101 Å². The van der Waals surface area contributed by atoms with Gasteiger partial charge in [0.25, 0.3) is 0 Å². The van der Waals surface area contributed by atoms with E-state index < -0.39 is 5.97 Å². The first-order chi connectivity index (χ1) is 7.94. The van der Waals surface area contributed by atoms with Gasteiger partial charge < -0.3 is 15.5 Å². The monoisotopic (exact) mass is 237 g/mol. The van der Waals surface area contributed by atoms with Crippen molar-refractivity contribution < 1.29 is 15.0 Å². The van der Waals surface area contributed by atoms with Gasteiger partial charge >= 0.3 is 5.97 Å². The number of nitrogens with one attached hydrogen (secondary N) is 1. The van der Waals surface area contributed by atoms with E-state index in [9.17, 15) is 4.79 Å². The van der Waals surface area contributed by atoms with Gasteiger partial charge in [0.15, 0.2) is 0 Å². The number of aliphatic hydroxyl groups excluding tert-OH is 1. The number of carboxylic acid groups (broad SMARTS) is 1. The van der Waals surface area contributed by atoms with Crippen LogP contribution in [0.3, 0.4) is 0 Å². The van der Waals surface area contributed by atoms with Crippen molar-refractivity contribution in [2.75, 3.05) is 6.61 Å². The van der Waals surface area contributed by atoms with Crippen molar-refractivity contribution in [1.29, 1.82) is 0 Å². The van der Waals surface area contributed by atoms with Gasteiger partial charge in [-0.05, 0) is 25.0 Å². The quantitative estimate of drug-likeness (QED) is 0.694. The Balaban J connectivity index is 2.73. The molecule has 4 nitrogen and oxygen atoms in total. The summed E-state index contributed by atoms with van der Waals surface area (Å²) in [5.74, 6) is -0.834. The molecule has 0 radical (unpaired) electrons. The molecule has 4 heteroatoms. The van der Waals surface area contributed by atoms with E-state index in [2.05, 4.69) is 5.32 Å². The van der Waals surface area contributed by atoms with E-state index >= 15 is 0 Å². The molecule has 1 aromatic carbocycles. The van der Waals surface area contributed by atoms with Crippen LogP contribution in [0.4, 0.5) is 0 Å². The first-order valence-corrected chi connectivity index (χ1v) is 5.59. The minimum atomic E-state index is -0.834. The SMILES string of the molecule is CC(C)(CO)NCc1ccccc1CC(=O)O. The van der Waals surface area contributed by atoms with Gasteiger partial charge in [-0.15, -0.1) is 0 Å². The van der Waals surface area contributed by atoms with Gasteiger partial charge in [0, 0.05) is 12.1 Å². The third-order valence-electron chi connectivity index (χ3n) is 2.61. The maximum absolute atomic E-state index is 10.7. The summed E-state index contributed by atoms with van der Waals surface area (Å²) in [4.78, 5) is 10.7. The summed E-state index contributed by atoms with van der Waals surface area (Å²) in [7, 11) is 0. The van der Waals surface area contributed by atoms with Gasteiger partial charge in [0.05, 0.1) is 13.0 Å². The molecule has 0 amide bonds. The first-order valence-electron chi connectivity index (χ1n) is 5.59. The fourth-order valence-electron chi connectivity index (χ4n) is 1.46. The average molecular weight is 237 g/mol. The molecule has 17 heavy (non-hydrogen) atoms. The number of hydrogen-bond donors (Lipinski definition) is 3. The van der Waals surface area contributed by atoms with Crippen LogP contribution in [0.1, 0.15) is 25.0 Å². The van der Waals surface area contributed by atoms with Gasteiger partial charge in [-0.3, -0.25) is 4.79 Å². The Morgan fingerprint density at radius 1 is 1.29 bits per heavy atom. The molecule has 0 bridgehead atoms. The molecule has 0 fully saturated rings. The van der Waals surface area contributed by atoms with Gasteiger partial charge in [-0.2, -0.15) is 0 Å². The van der Waals surface area contributed by atoms with E-state index in [0.29, 0.717) is 6.54 Å². The van der Waals surface area contributed by atoms with E-state index in [0.717, 1.165) is 11.1 Å². The Kier molecular flexibility index (Phi) is 4.66. The third-order valence-corrected chi connectivity index (χ3v) is 2.61. The van der Waals surface area contributed by atoms with Crippen molar-refractivity contribution >= 4 is 5.97 Å². The van der Waals surface area contributed by atoms with Gasteiger partial charge in [0.1, 0.15) is 0 Å². The zero-order valence-corrected chi connectivity index (χ0v) is 10.2. The van der Waals surface area contributed by atoms with Crippen molar-refractivity contribution in [2.45, 2.75) is 32.4 Å². The van der Waals surface area contributed by atoms with Crippen molar-refractivity contribution in [2.24, 2.45) is 0 Å². The third kappa shape index (κ3) is 4.54. The number of carboxylic acids is 1. The molecule has 0 aliphatic heterocycles. The molecular weight excluding hydrogens is 218 g/mol. The Bertz CT molecular complexity index is 388. The van der Waals surface area contributed by atoms with Crippen molar-refractivity contribution in [1.82, 2.24) is 5.32 Å². The normalized spacial score (nSPS) is 11.5. The van der Waals surface area contributed by atoms with Crippen LogP contribution in [0.2, 0.25) is 0 Å². The molecular formula is C13H19NO3. The minimum Gasteiger partial charge on any atom is -0.481 e. The van der Waals surface area contributed by atoms with E-state index in [1.54, 1.807) is 0 Å². The average Bonchev–Trinajstić information content (AvgIpc) is 2.27. The molecule has 0 aliphatic rings. The Morgan fingerprint density at radius 2 is 1.88 bits per heavy atom. The predicted octanol–water partition coefficient (Wildman–Crippen LogP) is 1.17. The lowest BCUT2D eigenvalue weighted by Gasteiger charge is -2.24. The van der Waals surface area contributed by atoms with Crippen LogP contribution < -0.4 is 5.32 Å². The number of benzene rings is 1. The fourth-order valence-corrected chi connectivity index (χ4v) is 1.46. The predicted molar refractivity (Wildman–Crippen MR) is 65.8 cm³/mol. The second-order valence-electron chi connectivity index (χ2n) is 4.73. The van der Waals surface area contributed by atoms with Crippen LogP contribution >= 0.6 is 0 Å². The highest BCUT2D eigenvalue weighted by Crippen LogP contribution is 2.11. The molecule has 0 aliphatic carbocycles. The summed E-state index contributed by atoms with van der Waals surface area (Å²) in [6.07, 6.45) is 0.0252. The summed E-state index contributed by atoms with van der Waals surface area (Å²) in [5, 5.41) is 21.1. The summed E-state index contributed by atoms with van der Waals surface area (Å²) in [6.45, 7) is 4.38. The summed E-state index contributed by atoms with van der Waals surface area (Å²) >= 11 is 0. The van der Waals surface area contributed by atoms with E-state index in [1.165, 1.54) is 0 Å². The molecule has 0 atom stereocenters. The first kappa shape index (κ1) is 13.7. The highest BCUT2D eigenvalue weighted by molar-refractivity contribution is 5.70. The highest BCUT2D eigenvalue weighted by atomic mass is 16.4. The maximum Gasteiger partial charge on any atom is 0.307 e. The fraction of sp³-hybridized carbons (Fsp3) is 0.462. The second kappa shape index (κ2) is 5.80. The molecule has 0 spiro atoms. The van der Waals surface area contributed by atoms with Crippen LogP contribution in [0.15, 0.2) is 24.3 Å². The van der Waals surface area contributed by atoms with E-state index in [1.807, 2.05) is 38.1 Å². The highest BCUT2D eigenvalue weighted by Gasteiger charge is 2.16. The lowest BCUT2D eigenvalue weighted by atomic mass is 10.0. The summed E-state index contributed by atoms with van der Waals surface area (Å²) in [5.41, 5.74) is 1.40. The Morgan fingerprint density at radius 3 is 2.41 bits per heavy atom. The minimum absolute atomic E-state index is 0.0252. The van der Waals surface area contributed by atoms with Crippen LogP contribution in [0.5, 0.6) is 0 Å². The molecule has 1 rings (SSSR count). The molecule has 0 aromatic heterocycles. The standard InChI is InChI=1S/C13H19NO3/c1-13(2,9-15)14-8-11-6-4-3-5-10(11)7-12(16)17/h3-6,14-15H,7-9H2,1-2H3,(H,16,17). The number of aliphatic carboxylic acids is 1. The summed E-state index contributed by atoms with van der Waals surface area (Å²) < 4.78 is 0. The van der Waals surface area contributed by atoms with Crippen molar-refractivity contribution in [3.63, 3.8) is 0 Å². The Hall–Kier alpha value is -1.39. The summed E-state index contributed by atoms with van der Waals surface area (Å²) in [6, 6.07) is 7.43. The lowest BCUT2D eigenvalue weighted by molar-refractivity contribution is -0.136. The van der Waals surface area contributed by atoms with Crippen molar-refractivity contribution in [3.8, 4) is 0 Å². The van der Waals surface area contributed by atoms with Gasteiger partial charge in [-0.1, -0.05) is 24.3 Å². The molecule has 3 N–H and O–H groups in total. The largest absolute Gasteiger partial charge is 0.481 e. The van der Waals surface area contributed by atoms with Crippen LogP contribution in [-0.2, 0) is 17.8 Å². The molecule has 0 saturated heterocycles. The van der Waals surface area contributed by atoms with Gasteiger partial charge in [-0.25, -0.2) is 0 Å². The maximum atomic E-state index is 10.7. The zero-order chi connectivity index (χ0) is 12.9.